The van der Waals surface area contributed by atoms with Crippen LogP contribution in [0.25, 0.3) is 0 Å². The average molecular weight is 272 g/mol. The number of hydrogen-bond acceptors (Lipinski definition) is 2. The molecule has 0 spiro atoms. The van der Waals surface area contributed by atoms with Crippen LogP contribution in [-0.4, -0.2) is 29.9 Å². The Hall–Kier alpha value is -1.51. The van der Waals surface area contributed by atoms with Crippen LogP contribution in [0.5, 0.6) is 0 Å². The Morgan fingerprint density at radius 1 is 1.40 bits per heavy atom. The molecular weight excluding hydrogens is 248 g/mol. The summed E-state index contributed by atoms with van der Waals surface area (Å²) in [5, 5.41) is 3.40. The van der Waals surface area contributed by atoms with Crippen molar-refractivity contribution in [3.05, 3.63) is 29.3 Å². The third kappa shape index (κ3) is 2.41. The van der Waals surface area contributed by atoms with Gasteiger partial charge in [-0.25, -0.2) is 0 Å². The molecule has 1 saturated carbocycles. The summed E-state index contributed by atoms with van der Waals surface area (Å²) in [5.74, 6) is 0.970. The summed E-state index contributed by atoms with van der Waals surface area (Å²) in [6, 6.07) is 6.62. The molecule has 1 N–H and O–H groups in total. The lowest BCUT2D eigenvalue weighted by molar-refractivity contribution is 0.0704. The van der Waals surface area contributed by atoms with Gasteiger partial charge < -0.3 is 10.2 Å². The van der Waals surface area contributed by atoms with Crippen LogP contribution in [0.15, 0.2) is 18.2 Å². The van der Waals surface area contributed by atoms with Crippen LogP contribution in [-0.2, 0) is 0 Å². The third-order valence-electron chi connectivity index (χ3n) is 4.64. The van der Waals surface area contributed by atoms with Gasteiger partial charge in [-0.15, -0.1) is 0 Å². The number of hydrogen-bond donors (Lipinski definition) is 1. The van der Waals surface area contributed by atoms with E-state index in [1.807, 2.05) is 12.1 Å². The van der Waals surface area contributed by atoms with Gasteiger partial charge in [0.15, 0.2) is 0 Å². The zero-order valence-electron chi connectivity index (χ0n) is 12.5. The van der Waals surface area contributed by atoms with Gasteiger partial charge in [0.05, 0.1) is 5.56 Å². The van der Waals surface area contributed by atoms with Gasteiger partial charge in [-0.05, 0) is 56.2 Å². The number of likely N-dealkylation sites (tertiary alicyclic amines) is 1. The van der Waals surface area contributed by atoms with Crippen LogP contribution in [0.1, 0.15) is 48.5 Å². The maximum atomic E-state index is 12.8. The van der Waals surface area contributed by atoms with Gasteiger partial charge >= 0.3 is 0 Å². The average Bonchev–Trinajstić information content (AvgIpc) is 3.07. The predicted octanol–water partition coefficient (Wildman–Crippen LogP) is 3.44. The van der Waals surface area contributed by atoms with Gasteiger partial charge in [-0.3, -0.25) is 4.79 Å². The second-order valence-corrected chi connectivity index (χ2v) is 6.27. The number of amides is 1. The summed E-state index contributed by atoms with van der Waals surface area (Å²) < 4.78 is 0. The topological polar surface area (TPSA) is 32.3 Å². The Balaban J connectivity index is 1.83. The summed E-state index contributed by atoms with van der Waals surface area (Å²) in [4.78, 5) is 14.9. The number of nitrogens with zero attached hydrogens (tertiary/aromatic N) is 1. The standard InChI is InChI=1S/C17H24N2O/c1-3-8-18-16-9-12(2)4-7-15(16)17(20)19-11-13-5-6-14(19)10-13/h4,7,9,13-14,18H,3,5-6,8,10-11H2,1-2H3. The highest BCUT2D eigenvalue weighted by atomic mass is 16.2. The van der Waals surface area contributed by atoms with Crippen LogP contribution in [0.4, 0.5) is 5.69 Å². The van der Waals surface area contributed by atoms with Gasteiger partial charge in [-0.1, -0.05) is 13.0 Å². The summed E-state index contributed by atoms with van der Waals surface area (Å²) in [5.41, 5.74) is 3.04. The first-order chi connectivity index (χ1) is 9.69. The second kappa shape index (κ2) is 5.47. The smallest absolute Gasteiger partial charge is 0.256 e. The van der Waals surface area contributed by atoms with E-state index in [0.717, 1.165) is 36.7 Å². The van der Waals surface area contributed by atoms with Crippen molar-refractivity contribution in [2.75, 3.05) is 18.4 Å². The summed E-state index contributed by atoms with van der Waals surface area (Å²) in [6.07, 6.45) is 4.79. The van der Waals surface area contributed by atoms with E-state index in [2.05, 4.69) is 30.1 Å². The molecule has 3 heteroatoms. The van der Waals surface area contributed by atoms with Crippen LogP contribution >= 0.6 is 0 Å². The number of rotatable bonds is 4. The molecule has 1 aromatic rings. The van der Waals surface area contributed by atoms with E-state index in [0.29, 0.717) is 6.04 Å². The maximum Gasteiger partial charge on any atom is 0.256 e. The quantitative estimate of drug-likeness (QED) is 0.910. The molecule has 2 aliphatic rings. The summed E-state index contributed by atoms with van der Waals surface area (Å²) in [7, 11) is 0. The maximum absolute atomic E-state index is 12.8. The van der Waals surface area contributed by atoms with Crippen LogP contribution < -0.4 is 5.32 Å². The lowest BCUT2D eigenvalue weighted by atomic mass is 10.1. The molecule has 1 amide bonds. The molecule has 3 nitrogen and oxygen atoms in total. The minimum Gasteiger partial charge on any atom is -0.384 e. The highest BCUT2D eigenvalue weighted by Gasteiger charge is 2.40. The number of aryl methyl sites for hydroxylation is 1. The van der Waals surface area contributed by atoms with Gasteiger partial charge in [-0.2, -0.15) is 0 Å². The fourth-order valence-corrected chi connectivity index (χ4v) is 3.58. The first-order valence-corrected chi connectivity index (χ1v) is 7.84. The fraction of sp³-hybridized carbons (Fsp3) is 0.588. The molecule has 1 saturated heterocycles. The Morgan fingerprint density at radius 2 is 2.25 bits per heavy atom. The predicted molar refractivity (Wildman–Crippen MR) is 82.1 cm³/mol. The Labute approximate surface area is 121 Å². The number of benzene rings is 1. The molecule has 1 aromatic carbocycles. The Kier molecular flexibility index (Phi) is 3.68. The minimum absolute atomic E-state index is 0.218. The van der Waals surface area contributed by atoms with Crippen LogP contribution in [0, 0.1) is 12.8 Å². The lowest BCUT2D eigenvalue weighted by Gasteiger charge is -2.28. The van der Waals surface area contributed by atoms with Crippen molar-refractivity contribution in [2.45, 2.75) is 45.6 Å². The van der Waals surface area contributed by atoms with E-state index in [1.54, 1.807) is 0 Å². The van der Waals surface area contributed by atoms with Gasteiger partial charge in [0.1, 0.15) is 0 Å². The zero-order valence-corrected chi connectivity index (χ0v) is 12.5. The number of anilines is 1. The monoisotopic (exact) mass is 272 g/mol. The minimum atomic E-state index is 0.218. The Bertz CT molecular complexity index is 512. The van der Waals surface area contributed by atoms with E-state index < -0.39 is 0 Å². The zero-order chi connectivity index (χ0) is 14.1. The number of carbonyl (C=O) groups excluding carboxylic acids is 1. The molecular formula is C17H24N2O. The molecule has 20 heavy (non-hydrogen) atoms. The third-order valence-corrected chi connectivity index (χ3v) is 4.64. The molecule has 1 aliphatic heterocycles. The molecule has 2 fully saturated rings. The fourth-order valence-electron chi connectivity index (χ4n) is 3.58. The van der Waals surface area contributed by atoms with Crippen LogP contribution in [0.3, 0.4) is 0 Å². The number of nitrogens with one attached hydrogen (secondary N) is 1. The molecule has 0 radical (unpaired) electrons. The molecule has 2 bridgehead atoms. The van der Waals surface area contributed by atoms with Gasteiger partial charge in [0, 0.05) is 24.8 Å². The van der Waals surface area contributed by atoms with Crippen molar-refractivity contribution in [3.8, 4) is 0 Å². The summed E-state index contributed by atoms with van der Waals surface area (Å²) in [6.45, 7) is 6.09. The number of carbonyl (C=O) groups is 1. The Morgan fingerprint density at radius 3 is 2.90 bits per heavy atom. The molecule has 2 unspecified atom stereocenters. The van der Waals surface area contributed by atoms with Crippen molar-refractivity contribution in [2.24, 2.45) is 5.92 Å². The van der Waals surface area contributed by atoms with Crippen molar-refractivity contribution < 1.29 is 4.79 Å². The molecule has 3 rings (SSSR count). The SMILES string of the molecule is CCCNc1cc(C)ccc1C(=O)N1CC2CCC1C2. The van der Waals surface area contributed by atoms with E-state index in [1.165, 1.54) is 24.8 Å². The lowest BCUT2D eigenvalue weighted by Crippen LogP contribution is -2.38. The van der Waals surface area contributed by atoms with Crippen molar-refractivity contribution in [1.82, 2.24) is 4.90 Å². The summed E-state index contributed by atoms with van der Waals surface area (Å²) >= 11 is 0. The molecule has 0 aromatic heterocycles. The molecule has 1 aliphatic carbocycles. The number of fused-ring (bicyclic) bond motifs is 2. The number of piperidine rings is 1. The second-order valence-electron chi connectivity index (χ2n) is 6.27. The molecule has 2 atom stereocenters. The molecule has 108 valence electrons. The van der Waals surface area contributed by atoms with Crippen molar-refractivity contribution in [3.63, 3.8) is 0 Å². The first kappa shape index (κ1) is 13.5. The van der Waals surface area contributed by atoms with Crippen LogP contribution in [0.2, 0.25) is 0 Å². The van der Waals surface area contributed by atoms with Crippen molar-refractivity contribution in [1.29, 1.82) is 0 Å². The molecule has 1 heterocycles. The van der Waals surface area contributed by atoms with Gasteiger partial charge in [0.25, 0.3) is 5.91 Å². The highest BCUT2D eigenvalue weighted by molar-refractivity contribution is 6.00. The van der Waals surface area contributed by atoms with Gasteiger partial charge in [0.2, 0.25) is 0 Å². The largest absolute Gasteiger partial charge is 0.384 e. The van der Waals surface area contributed by atoms with E-state index in [9.17, 15) is 4.79 Å². The highest BCUT2D eigenvalue weighted by Crippen LogP contribution is 2.38. The van der Waals surface area contributed by atoms with E-state index in [-0.39, 0.29) is 5.91 Å². The normalized spacial score (nSPS) is 24.2. The van der Waals surface area contributed by atoms with Crippen molar-refractivity contribution >= 4 is 11.6 Å². The van der Waals surface area contributed by atoms with E-state index in [4.69, 9.17) is 0 Å². The van der Waals surface area contributed by atoms with E-state index >= 15 is 0 Å². The first-order valence-electron chi connectivity index (χ1n) is 7.84.